The van der Waals surface area contributed by atoms with Crippen molar-refractivity contribution in [1.29, 1.82) is 0 Å². The lowest BCUT2D eigenvalue weighted by Crippen LogP contribution is -2.47. The Morgan fingerprint density at radius 3 is 1.22 bits per heavy atom. The number of thiol groups is 1. The molecule has 0 fully saturated rings. The molecule has 0 aliphatic carbocycles. The quantitative estimate of drug-likeness (QED) is 0.389. The maximum atomic E-state index is 4.63. The van der Waals surface area contributed by atoms with Crippen LogP contribution in [0.25, 0.3) is 0 Å². The summed E-state index contributed by atoms with van der Waals surface area (Å²) in [5, 5.41) is 3.74. The third-order valence-electron chi connectivity index (χ3n) is 4.05. The minimum Gasteiger partial charge on any atom is -0.289 e. The number of rotatable bonds is 5. The van der Waals surface area contributed by atoms with Crippen molar-refractivity contribution in [3.05, 3.63) is 108 Å². The van der Waals surface area contributed by atoms with E-state index in [-0.39, 0.29) is 5.37 Å². The molecule has 3 rings (SSSR count). The van der Waals surface area contributed by atoms with Gasteiger partial charge in [0.2, 0.25) is 0 Å². The zero-order valence-electron chi connectivity index (χ0n) is 13.2. The topological polar surface area (TPSA) is 12.0 Å². The Morgan fingerprint density at radius 2 is 0.957 bits per heavy atom. The molecule has 0 saturated heterocycles. The molecule has 0 amide bonds. The van der Waals surface area contributed by atoms with Crippen molar-refractivity contribution >= 4 is 12.6 Å². The van der Waals surface area contributed by atoms with Crippen LogP contribution in [0.5, 0.6) is 0 Å². The van der Waals surface area contributed by atoms with Crippen LogP contribution in [0.4, 0.5) is 0 Å². The predicted octanol–water partition coefficient (Wildman–Crippen LogP) is 4.84. The van der Waals surface area contributed by atoms with E-state index in [1.54, 1.807) is 0 Å². The molecule has 3 aromatic carbocycles. The Hall–Kier alpha value is -2.03. The molecular formula is C21H21NS. The summed E-state index contributed by atoms with van der Waals surface area (Å²) in [7, 11) is 0. The van der Waals surface area contributed by atoms with Crippen LogP contribution in [-0.4, -0.2) is 5.37 Å². The Labute approximate surface area is 143 Å². The summed E-state index contributed by atoms with van der Waals surface area (Å²) >= 11 is 4.63. The minimum atomic E-state index is -0.426. The summed E-state index contributed by atoms with van der Waals surface area (Å²) in [5.41, 5.74) is 3.19. The fourth-order valence-corrected chi connectivity index (χ4v) is 3.32. The molecule has 0 saturated carbocycles. The van der Waals surface area contributed by atoms with Gasteiger partial charge in [-0.25, -0.2) is 0 Å². The van der Waals surface area contributed by atoms with E-state index in [1.165, 1.54) is 16.7 Å². The molecule has 0 spiro atoms. The first-order valence-corrected chi connectivity index (χ1v) is 8.37. The van der Waals surface area contributed by atoms with Gasteiger partial charge in [0.1, 0.15) is 0 Å². The largest absolute Gasteiger partial charge is 0.289 e. The van der Waals surface area contributed by atoms with E-state index in [4.69, 9.17) is 0 Å². The average molecular weight is 319 g/mol. The lowest BCUT2D eigenvalue weighted by molar-refractivity contribution is 0.471. The molecule has 0 aliphatic heterocycles. The molecule has 1 N–H and O–H groups in total. The molecule has 0 aliphatic rings. The molecule has 116 valence electrons. The van der Waals surface area contributed by atoms with Crippen molar-refractivity contribution < 1.29 is 0 Å². The summed E-state index contributed by atoms with van der Waals surface area (Å²) in [5.74, 6) is 0. The fourth-order valence-electron chi connectivity index (χ4n) is 3.13. The molecule has 0 aromatic heterocycles. The van der Waals surface area contributed by atoms with E-state index in [2.05, 4.69) is 97.7 Å². The van der Waals surface area contributed by atoms with Gasteiger partial charge in [-0.2, -0.15) is 12.6 Å². The first-order valence-electron chi connectivity index (χ1n) is 7.86. The highest BCUT2D eigenvalue weighted by molar-refractivity contribution is 7.80. The van der Waals surface area contributed by atoms with Crippen LogP contribution in [0, 0.1) is 0 Å². The van der Waals surface area contributed by atoms with Gasteiger partial charge in [-0.3, -0.25) is 5.32 Å². The van der Waals surface area contributed by atoms with E-state index in [9.17, 15) is 0 Å². The van der Waals surface area contributed by atoms with Crippen molar-refractivity contribution in [1.82, 2.24) is 5.32 Å². The Morgan fingerprint density at radius 1 is 0.652 bits per heavy atom. The van der Waals surface area contributed by atoms with Crippen molar-refractivity contribution in [2.24, 2.45) is 0 Å². The highest BCUT2D eigenvalue weighted by atomic mass is 32.1. The molecule has 0 heterocycles. The smallest absolute Gasteiger partial charge is 0.0956 e. The standard InChI is InChI=1S/C21H21NS/c1-17(23)22-21(18-11-5-2-6-12-18,19-13-7-3-8-14-19)20-15-9-4-10-16-20/h2-17,22-23H,1H3/t17-/m0/s1. The predicted molar refractivity (Wildman–Crippen MR) is 101 cm³/mol. The van der Waals surface area contributed by atoms with Gasteiger partial charge in [-0.15, -0.1) is 0 Å². The number of hydrogen-bond acceptors (Lipinski definition) is 2. The Kier molecular flexibility index (Phi) is 4.85. The fraction of sp³-hybridized carbons (Fsp3) is 0.143. The van der Waals surface area contributed by atoms with Crippen molar-refractivity contribution in [2.75, 3.05) is 0 Å². The van der Waals surface area contributed by atoms with E-state index in [1.807, 2.05) is 18.2 Å². The highest BCUT2D eigenvalue weighted by Crippen LogP contribution is 2.37. The van der Waals surface area contributed by atoms with Gasteiger partial charge in [0.15, 0.2) is 0 Å². The maximum absolute atomic E-state index is 4.63. The number of nitrogens with one attached hydrogen (secondary N) is 1. The molecule has 3 aromatic rings. The van der Waals surface area contributed by atoms with E-state index >= 15 is 0 Å². The molecule has 0 radical (unpaired) electrons. The summed E-state index contributed by atoms with van der Waals surface area (Å²) < 4.78 is 0. The second-order valence-electron chi connectivity index (χ2n) is 5.67. The number of hydrogen-bond donors (Lipinski definition) is 2. The second kappa shape index (κ2) is 7.03. The average Bonchev–Trinajstić information content (AvgIpc) is 2.62. The first kappa shape index (κ1) is 15.9. The Bertz CT molecular complexity index is 627. The van der Waals surface area contributed by atoms with Gasteiger partial charge in [0, 0.05) is 5.37 Å². The van der Waals surface area contributed by atoms with Gasteiger partial charge in [-0.1, -0.05) is 91.0 Å². The monoisotopic (exact) mass is 319 g/mol. The lowest BCUT2D eigenvalue weighted by atomic mass is 9.77. The Balaban J connectivity index is 2.30. The van der Waals surface area contributed by atoms with Crippen LogP contribution in [0.15, 0.2) is 91.0 Å². The molecule has 0 unspecified atom stereocenters. The van der Waals surface area contributed by atoms with Crippen molar-refractivity contribution in [2.45, 2.75) is 17.8 Å². The van der Waals surface area contributed by atoms with E-state index < -0.39 is 5.54 Å². The highest BCUT2D eigenvalue weighted by Gasteiger charge is 2.36. The summed E-state index contributed by atoms with van der Waals surface area (Å²) in [4.78, 5) is 0. The summed E-state index contributed by atoms with van der Waals surface area (Å²) in [6.07, 6.45) is 0. The molecule has 1 atom stereocenters. The van der Waals surface area contributed by atoms with Crippen LogP contribution < -0.4 is 5.32 Å². The van der Waals surface area contributed by atoms with Crippen molar-refractivity contribution in [3.63, 3.8) is 0 Å². The molecule has 23 heavy (non-hydrogen) atoms. The summed E-state index contributed by atoms with van der Waals surface area (Å²) in [6, 6.07) is 31.7. The van der Waals surface area contributed by atoms with Gasteiger partial charge in [-0.05, 0) is 23.6 Å². The van der Waals surface area contributed by atoms with Crippen LogP contribution in [0.2, 0.25) is 0 Å². The zero-order chi connectivity index (χ0) is 16.1. The third-order valence-corrected chi connectivity index (χ3v) is 4.17. The normalized spacial score (nSPS) is 12.8. The first-order chi connectivity index (χ1) is 11.2. The SMILES string of the molecule is C[C@H](S)NC(c1ccccc1)(c1ccccc1)c1ccccc1. The van der Waals surface area contributed by atoms with Gasteiger partial charge >= 0.3 is 0 Å². The lowest BCUT2D eigenvalue weighted by Gasteiger charge is -2.38. The number of benzene rings is 3. The van der Waals surface area contributed by atoms with E-state index in [0.29, 0.717) is 0 Å². The van der Waals surface area contributed by atoms with Gasteiger partial charge in [0.25, 0.3) is 0 Å². The summed E-state index contributed by atoms with van der Waals surface area (Å²) in [6.45, 7) is 2.06. The molecule has 1 nitrogen and oxygen atoms in total. The minimum absolute atomic E-state index is 0.0376. The van der Waals surface area contributed by atoms with E-state index in [0.717, 1.165) is 0 Å². The third kappa shape index (κ3) is 3.19. The molecular weight excluding hydrogens is 298 g/mol. The zero-order valence-corrected chi connectivity index (χ0v) is 14.1. The molecule has 2 heteroatoms. The maximum Gasteiger partial charge on any atom is 0.0956 e. The van der Waals surface area contributed by atoms with Crippen molar-refractivity contribution in [3.8, 4) is 0 Å². The van der Waals surface area contributed by atoms with Crippen LogP contribution in [-0.2, 0) is 5.54 Å². The van der Waals surface area contributed by atoms with Crippen LogP contribution in [0.3, 0.4) is 0 Å². The molecule has 0 bridgehead atoms. The van der Waals surface area contributed by atoms with Gasteiger partial charge < -0.3 is 0 Å². The van der Waals surface area contributed by atoms with Gasteiger partial charge in [0.05, 0.1) is 5.54 Å². The van der Waals surface area contributed by atoms with Crippen LogP contribution >= 0.6 is 12.6 Å². The van der Waals surface area contributed by atoms with Crippen LogP contribution in [0.1, 0.15) is 23.6 Å². The second-order valence-corrected chi connectivity index (χ2v) is 6.44.